The van der Waals surface area contributed by atoms with E-state index in [1.165, 1.54) is 0 Å². The second-order valence-corrected chi connectivity index (χ2v) is 11.3. The van der Waals surface area contributed by atoms with Gasteiger partial charge < -0.3 is 5.11 Å². The lowest BCUT2D eigenvalue weighted by Gasteiger charge is -2.28. The molecule has 0 bridgehead atoms. The maximum absolute atomic E-state index is 10.8. The molecule has 1 aromatic carbocycles. The molecule has 0 saturated heterocycles. The van der Waals surface area contributed by atoms with E-state index >= 15 is 0 Å². The number of hydrogen-bond donors (Lipinski definition) is 1. The van der Waals surface area contributed by atoms with Crippen molar-refractivity contribution in [2.75, 3.05) is 5.75 Å². The van der Waals surface area contributed by atoms with Gasteiger partial charge in [-0.3, -0.25) is 0 Å². The quantitative estimate of drug-likeness (QED) is 0.695. The predicted octanol–water partition coefficient (Wildman–Crippen LogP) is 5.77. The van der Waals surface area contributed by atoms with Crippen molar-refractivity contribution in [3.63, 3.8) is 0 Å². The van der Waals surface area contributed by atoms with Crippen molar-refractivity contribution in [3.8, 4) is 5.75 Å². The Morgan fingerprint density at radius 2 is 1.55 bits per heavy atom. The Morgan fingerprint density at radius 1 is 1.05 bits per heavy atom. The SMILES string of the molecule is CCS1=NC(c2cc(C(C)(C)C)c(O)c(C(C)(C)C)c2)=CS1. The standard InChI is InChI=1S/C18H27NOS2/c1-8-22-19-15(11-21-22)12-9-13(17(2,3)4)16(20)14(10-12)18(5,6)7/h9-11,20H,8H2,1-7H3. The molecule has 1 heterocycles. The summed E-state index contributed by atoms with van der Waals surface area (Å²) in [4.78, 5) is 0. The molecule has 0 radical (unpaired) electrons. The monoisotopic (exact) mass is 337 g/mol. The zero-order valence-electron chi connectivity index (χ0n) is 14.7. The predicted molar refractivity (Wildman–Crippen MR) is 101 cm³/mol. The van der Waals surface area contributed by atoms with E-state index in [1.54, 1.807) is 0 Å². The summed E-state index contributed by atoms with van der Waals surface area (Å²) in [6.45, 7) is 15.0. The summed E-state index contributed by atoms with van der Waals surface area (Å²) in [5.74, 6) is 1.51. The molecule has 22 heavy (non-hydrogen) atoms. The van der Waals surface area contributed by atoms with Crippen molar-refractivity contribution in [1.82, 2.24) is 0 Å². The lowest BCUT2D eigenvalue weighted by atomic mass is 9.78. The lowest BCUT2D eigenvalue weighted by Crippen LogP contribution is -2.17. The molecule has 0 fully saturated rings. The van der Waals surface area contributed by atoms with Crippen molar-refractivity contribution >= 4 is 26.2 Å². The second kappa shape index (κ2) is 6.04. The highest BCUT2D eigenvalue weighted by Gasteiger charge is 2.27. The number of benzene rings is 1. The Labute approximate surface area is 140 Å². The number of nitrogens with zero attached hydrogens (tertiary/aromatic N) is 1. The first kappa shape index (κ1) is 17.6. The number of rotatable bonds is 2. The van der Waals surface area contributed by atoms with Gasteiger partial charge in [0.15, 0.2) is 0 Å². The minimum absolute atomic E-state index is 0.0609. The van der Waals surface area contributed by atoms with Gasteiger partial charge in [0.25, 0.3) is 0 Å². The summed E-state index contributed by atoms with van der Waals surface area (Å²) in [5, 5.41) is 12.9. The fourth-order valence-electron chi connectivity index (χ4n) is 2.43. The van der Waals surface area contributed by atoms with Gasteiger partial charge in [-0.2, -0.15) is 0 Å². The second-order valence-electron chi connectivity index (χ2n) is 7.72. The van der Waals surface area contributed by atoms with Gasteiger partial charge in [-0.25, -0.2) is 4.36 Å². The van der Waals surface area contributed by atoms with Gasteiger partial charge >= 0.3 is 0 Å². The van der Waals surface area contributed by atoms with E-state index in [0.29, 0.717) is 5.75 Å². The first-order valence-electron chi connectivity index (χ1n) is 7.72. The number of phenols is 1. The van der Waals surface area contributed by atoms with Gasteiger partial charge in [-0.05, 0) is 32.7 Å². The van der Waals surface area contributed by atoms with Crippen molar-refractivity contribution in [2.24, 2.45) is 4.36 Å². The molecule has 0 aliphatic carbocycles. The zero-order valence-corrected chi connectivity index (χ0v) is 16.3. The largest absolute Gasteiger partial charge is 0.507 e. The molecule has 1 N–H and O–H groups in total. The van der Waals surface area contributed by atoms with Crippen LogP contribution in [0.4, 0.5) is 0 Å². The van der Waals surface area contributed by atoms with E-state index < -0.39 is 0 Å². The molecule has 1 aliphatic heterocycles. The van der Waals surface area contributed by atoms with Crippen LogP contribution in [0.3, 0.4) is 0 Å². The average molecular weight is 338 g/mol. The molecule has 1 unspecified atom stereocenters. The number of aromatic hydroxyl groups is 1. The third kappa shape index (κ3) is 3.60. The van der Waals surface area contributed by atoms with Crippen LogP contribution in [-0.2, 0) is 20.6 Å². The van der Waals surface area contributed by atoms with Gasteiger partial charge in [0.1, 0.15) is 5.75 Å². The molecular weight excluding hydrogens is 310 g/mol. The molecular formula is C18H27NOS2. The average Bonchev–Trinajstić information content (AvgIpc) is 2.85. The van der Waals surface area contributed by atoms with Crippen molar-refractivity contribution in [3.05, 3.63) is 34.2 Å². The minimum Gasteiger partial charge on any atom is -0.507 e. The lowest BCUT2D eigenvalue weighted by molar-refractivity contribution is 0.423. The topological polar surface area (TPSA) is 32.6 Å². The van der Waals surface area contributed by atoms with Crippen LogP contribution in [0.5, 0.6) is 5.75 Å². The third-order valence-electron chi connectivity index (χ3n) is 3.74. The minimum atomic E-state index is -0.0984. The molecule has 0 saturated carbocycles. The van der Waals surface area contributed by atoms with Crippen molar-refractivity contribution in [1.29, 1.82) is 0 Å². The van der Waals surface area contributed by atoms with E-state index in [9.17, 15) is 5.11 Å². The Bertz CT molecular complexity index is 611. The molecule has 0 aromatic heterocycles. The van der Waals surface area contributed by atoms with E-state index in [1.807, 2.05) is 10.8 Å². The maximum atomic E-state index is 10.8. The Balaban J connectivity index is 2.65. The highest BCUT2D eigenvalue weighted by Crippen LogP contribution is 2.42. The smallest absolute Gasteiger partial charge is 0.123 e. The maximum Gasteiger partial charge on any atom is 0.123 e. The fraction of sp³-hybridized carbons (Fsp3) is 0.556. The van der Waals surface area contributed by atoms with Crippen LogP contribution in [0.25, 0.3) is 5.70 Å². The van der Waals surface area contributed by atoms with Crippen LogP contribution in [0, 0.1) is 0 Å². The van der Waals surface area contributed by atoms with Gasteiger partial charge in [0.05, 0.1) is 5.70 Å². The van der Waals surface area contributed by atoms with E-state index in [4.69, 9.17) is 4.36 Å². The Morgan fingerprint density at radius 3 is 1.91 bits per heavy atom. The summed E-state index contributed by atoms with van der Waals surface area (Å²) in [6.07, 6.45) is 0. The molecule has 2 rings (SSSR count). The highest BCUT2D eigenvalue weighted by atomic mass is 33.1. The van der Waals surface area contributed by atoms with Crippen LogP contribution >= 0.6 is 10.8 Å². The number of phenolic OH excluding ortho intramolecular Hbond substituents is 1. The van der Waals surface area contributed by atoms with E-state index in [0.717, 1.165) is 28.1 Å². The normalized spacial score (nSPS) is 19.0. The molecule has 1 aromatic rings. The first-order chi connectivity index (χ1) is 10.0. The molecule has 1 aliphatic rings. The first-order valence-corrected chi connectivity index (χ1v) is 10.5. The van der Waals surface area contributed by atoms with Crippen LogP contribution < -0.4 is 0 Å². The van der Waals surface area contributed by atoms with Crippen LogP contribution in [-0.4, -0.2) is 10.9 Å². The van der Waals surface area contributed by atoms with Gasteiger partial charge in [0, 0.05) is 27.9 Å². The Kier molecular flexibility index (Phi) is 4.84. The van der Waals surface area contributed by atoms with Crippen molar-refractivity contribution in [2.45, 2.75) is 59.3 Å². The molecule has 0 spiro atoms. The third-order valence-corrected chi connectivity index (χ3v) is 7.06. The van der Waals surface area contributed by atoms with Crippen LogP contribution in [0.2, 0.25) is 0 Å². The molecule has 0 amide bonds. The van der Waals surface area contributed by atoms with Crippen molar-refractivity contribution < 1.29 is 5.11 Å². The summed E-state index contributed by atoms with van der Waals surface area (Å²) >= 11 is 0. The summed E-state index contributed by atoms with van der Waals surface area (Å²) in [6, 6.07) is 4.23. The van der Waals surface area contributed by atoms with E-state index in [-0.39, 0.29) is 20.6 Å². The number of hydrogen-bond acceptors (Lipinski definition) is 3. The summed E-state index contributed by atoms with van der Waals surface area (Å²) in [7, 11) is 1.87. The van der Waals surface area contributed by atoms with Crippen LogP contribution in [0.15, 0.2) is 21.9 Å². The molecule has 4 heteroatoms. The molecule has 122 valence electrons. The van der Waals surface area contributed by atoms with Gasteiger partial charge in [-0.15, -0.1) is 0 Å². The van der Waals surface area contributed by atoms with Gasteiger partial charge in [0.2, 0.25) is 0 Å². The Hall–Kier alpha value is -0.740. The van der Waals surface area contributed by atoms with E-state index in [2.05, 4.69) is 66.0 Å². The fourth-order valence-corrected chi connectivity index (χ4v) is 4.96. The summed E-state index contributed by atoms with van der Waals surface area (Å²) in [5.41, 5.74) is 3.99. The molecule has 2 nitrogen and oxygen atoms in total. The molecule has 1 atom stereocenters. The highest BCUT2D eigenvalue weighted by molar-refractivity contribution is 8.71. The zero-order chi connectivity index (χ0) is 16.7. The van der Waals surface area contributed by atoms with Gasteiger partial charge in [-0.1, -0.05) is 59.3 Å². The summed E-state index contributed by atoms with van der Waals surface area (Å²) < 4.78 is 4.82. The van der Waals surface area contributed by atoms with Crippen LogP contribution in [0.1, 0.15) is 65.2 Å².